The number of halogens is 1. The van der Waals surface area contributed by atoms with E-state index in [9.17, 15) is 10.1 Å². The summed E-state index contributed by atoms with van der Waals surface area (Å²) in [6, 6.07) is 10.2. The number of nitro benzene ring substituents is 1. The summed E-state index contributed by atoms with van der Waals surface area (Å²) in [7, 11) is 0. The molecule has 3 N–H and O–H groups in total. The van der Waals surface area contributed by atoms with Gasteiger partial charge >= 0.3 is 0 Å². The normalized spacial score (nSPS) is 10.2. The molecule has 0 unspecified atom stereocenters. The number of hydrogen-bond donors (Lipinski definition) is 2. The van der Waals surface area contributed by atoms with Crippen molar-refractivity contribution < 1.29 is 4.92 Å². The van der Waals surface area contributed by atoms with Crippen LogP contribution < -0.4 is 11.1 Å². The van der Waals surface area contributed by atoms with E-state index < -0.39 is 4.92 Å². The van der Waals surface area contributed by atoms with E-state index in [2.05, 4.69) is 21.2 Å². The lowest BCUT2D eigenvalue weighted by Gasteiger charge is -2.10. The van der Waals surface area contributed by atoms with E-state index in [0.29, 0.717) is 11.4 Å². The number of nitrogen functional groups attached to an aromatic ring is 1. The molecule has 0 fully saturated rings. The number of aryl methyl sites for hydroxylation is 1. The highest BCUT2D eigenvalue weighted by atomic mass is 79.9. The average Bonchev–Trinajstić information content (AvgIpc) is 2.36. The second kappa shape index (κ2) is 5.27. The second-order valence-corrected chi connectivity index (χ2v) is 4.97. The lowest BCUT2D eigenvalue weighted by molar-refractivity contribution is -0.384. The molecule has 2 aromatic rings. The summed E-state index contributed by atoms with van der Waals surface area (Å²) in [6.45, 7) is 1.98. The molecule has 0 aromatic heterocycles. The van der Waals surface area contributed by atoms with Crippen molar-refractivity contribution in [3.05, 3.63) is 56.5 Å². The van der Waals surface area contributed by atoms with Crippen LogP contribution in [0.2, 0.25) is 0 Å². The number of rotatable bonds is 3. The molecule has 5 nitrogen and oxygen atoms in total. The fraction of sp³-hybridized carbons (Fsp3) is 0.0769. The van der Waals surface area contributed by atoms with Gasteiger partial charge in [0.1, 0.15) is 0 Å². The number of nitrogens with one attached hydrogen (secondary N) is 1. The molecule has 0 saturated heterocycles. The molecule has 2 aromatic carbocycles. The minimum absolute atomic E-state index is 0.0185. The van der Waals surface area contributed by atoms with Gasteiger partial charge in [0.2, 0.25) is 0 Å². The Hall–Kier alpha value is -2.08. The number of non-ortho nitro benzene ring substituents is 1. The molecular formula is C13H12BrN3O2. The first-order chi connectivity index (χ1) is 8.97. The zero-order valence-corrected chi connectivity index (χ0v) is 11.8. The maximum absolute atomic E-state index is 10.6. The Morgan fingerprint density at radius 2 is 2.00 bits per heavy atom. The molecule has 0 atom stereocenters. The van der Waals surface area contributed by atoms with Crippen molar-refractivity contribution in [2.24, 2.45) is 0 Å². The molecule has 0 heterocycles. The maximum atomic E-state index is 10.6. The lowest BCUT2D eigenvalue weighted by atomic mass is 10.2. The molecular weight excluding hydrogens is 310 g/mol. The quantitative estimate of drug-likeness (QED) is 0.508. The average molecular weight is 322 g/mol. The van der Waals surface area contributed by atoms with Crippen molar-refractivity contribution in [2.45, 2.75) is 6.92 Å². The van der Waals surface area contributed by atoms with Crippen molar-refractivity contribution in [2.75, 3.05) is 11.1 Å². The lowest BCUT2D eigenvalue weighted by Crippen LogP contribution is -1.98. The Labute approximate surface area is 118 Å². The van der Waals surface area contributed by atoms with Gasteiger partial charge in [0.15, 0.2) is 0 Å². The van der Waals surface area contributed by atoms with Crippen molar-refractivity contribution >= 4 is 38.7 Å². The van der Waals surface area contributed by atoms with Crippen LogP contribution in [0.5, 0.6) is 0 Å². The van der Waals surface area contributed by atoms with E-state index in [1.165, 1.54) is 12.1 Å². The molecule has 0 amide bonds. The van der Waals surface area contributed by atoms with Gasteiger partial charge in [-0.2, -0.15) is 0 Å². The molecule has 0 aliphatic heterocycles. The van der Waals surface area contributed by atoms with Gasteiger partial charge in [-0.1, -0.05) is 15.9 Å². The minimum Gasteiger partial charge on any atom is -0.397 e. The minimum atomic E-state index is -0.468. The van der Waals surface area contributed by atoms with Crippen LogP contribution in [0.3, 0.4) is 0 Å². The first kappa shape index (κ1) is 13.4. The highest BCUT2D eigenvalue weighted by molar-refractivity contribution is 9.10. The fourth-order valence-electron chi connectivity index (χ4n) is 1.66. The smallest absolute Gasteiger partial charge is 0.271 e. The summed E-state index contributed by atoms with van der Waals surface area (Å²) in [6.07, 6.45) is 0. The second-order valence-electron chi connectivity index (χ2n) is 4.12. The van der Waals surface area contributed by atoms with E-state index in [4.69, 9.17) is 5.73 Å². The topological polar surface area (TPSA) is 81.2 Å². The Bertz CT molecular complexity index is 644. The molecule has 6 heteroatoms. The molecule has 0 aliphatic rings. The van der Waals surface area contributed by atoms with Crippen LogP contribution in [0, 0.1) is 17.0 Å². The number of nitrogens with zero attached hydrogens (tertiary/aromatic N) is 1. The largest absolute Gasteiger partial charge is 0.397 e. The van der Waals surface area contributed by atoms with Crippen LogP contribution >= 0.6 is 15.9 Å². The summed E-state index contributed by atoms with van der Waals surface area (Å²) in [5.74, 6) is 0. The van der Waals surface area contributed by atoms with Gasteiger partial charge < -0.3 is 11.1 Å². The standard InChI is InChI=1S/C13H12BrN3O2/c1-8-6-9(2-4-11(8)14)16-13-5-3-10(17(18)19)7-12(13)15/h2-7,16H,15H2,1H3. The molecule has 0 bridgehead atoms. The first-order valence-electron chi connectivity index (χ1n) is 5.54. The van der Waals surface area contributed by atoms with E-state index in [1.807, 2.05) is 25.1 Å². The monoisotopic (exact) mass is 321 g/mol. The summed E-state index contributed by atoms with van der Waals surface area (Å²) in [5, 5.41) is 13.8. The molecule has 2 rings (SSSR count). The van der Waals surface area contributed by atoms with E-state index in [1.54, 1.807) is 6.07 Å². The van der Waals surface area contributed by atoms with Crippen molar-refractivity contribution in [1.82, 2.24) is 0 Å². The third kappa shape index (κ3) is 3.03. The van der Waals surface area contributed by atoms with Crippen LogP contribution in [0.1, 0.15) is 5.56 Å². The molecule has 98 valence electrons. The number of nitrogens with two attached hydrogens (primary N) is 1. The Kier molecular flexibility index (Phi) is 3.71. The first-order valence-corrected chi connectivity index (χ1v) is 6.34. The van der Waals surface area contributed by atoms with E-state index in [-0.39, 0.29) is 5.69 Å². The predicted octanol–water partition coefficient (Wildman–Crippen LogP) is 3.99. The van der Waals surface area contributed by atoms with Crippen molar-refractivity contribution in [3.63, 3.8) is 0 Å². The third-order valence-corrected chi connectivity index (χ3v) is 3.57. The molecule has 0 saturated carbocycles. The fourth-order valence-corrected chi connectivity index (χ4v) is 1.90. The summed E-state index contributed by atoms with van der Waals surface area (Å²) >= 11 is 3.43. The summed E-state index contributed by atoms with van der Waals surface area (Å²) < 4.78 is 1.02. The van der Waals surface area contributed by atoms with Gasteiger partial charge in [-0.25, -0.2) is 0 Å². The zero-order valence-electron chi connectivity index (χ0n) is 10.2. The highest BCUT2D eigenvalue weighted by Crippen LogP contribution is 2.28. The molecule has 0 spiro atoms. The Morgan fingerprint density at radius 3 is 2.58 bits per heavy atom. The van der Waals surface area contributed by atoms with Gasteiger partial charge in [-0.05, 0) is 36.8 Å². The number of anilines is 3. The van der Waals surface area contributed by atoms with Gasteiger partial charge in [-0.15, -0.1) is 0 Å². The van der Waals surface area contributed by atoms with E-state index >= 15 is 0 Å². The van der Waals surface area contributed by atoms with Gasteiger partial charge in [-0.3, -0.25) is 10.1 Å². The molecule has 0 radical (unpaired) electrons. The summed E-state index contributed by atoms with van der Waals surface area (Å²) in [4.78, 5) is 10.2. The van der Waals surface area contributed by atoms with Gasteiger partial charge in [0, 0.05) is 22.3 Å². The van der Waals surface area contributed by atoms with Crippen LogP contribution in [-0.4, -0.2) is 4.92 Å². The number of benzene rings is 2. The van der Waals surface area contributed by atoms with Crippen LogP contribution in [0.25, 0.3) is 0 Å². The number of hydrogen-bond acceptors (Lipinski definition) is 4. The van der Waals surface area contributed by atoms with Gasteiger partial charge in [0.05, 0.1) is 16.3 Å². The SMILES string of the molecule is Cc1cc(Nc2ccc([N+](=O)[O-])cc2N)ccc1Br. The van der Waals surface area contributed by atoms with Crippen molar-refractivity contribution in [1.29, 1.82) is 0 Å². The van der Waals surface area contributed by atoms with Crippen LogP contribution in [0.4, 0.5) is 22.7 Å². The van der Waals surface area contributed by atoms with E-state index in [0.717, 1.165) is 15.7 Å². The van der Waals surface area contributed by atoms with Crippen LogP contribution in [0.15, 0.2) is 40.9 Å². The van der Waals surface area contributed by atoms with Gasteiger partial charge in [0.25, 0.3) is 5.69 Å². The van der Waals surface area contributed by atoms with Crippen LogP contribution in [-0.2, 0) is 0 Å². The zero-order chi connectivity index (χ0) is 14.0. The molecule has 19 heavy (non-hydrogen) atoms. The predicted molar refractivity (Wildman–Crippen MR) is 79.7 cm³/mol. The summed E-state index contributed by atoms with van der Waals surface area (Å²) in [5.41, 5.74) is 8.73. The maximum Gasteiger partial charge on any atom is 0.271 e. The highest BCUT2D eigenvalue weighted by Gasteiger charge is 2.09. The van der Waals surface area contributed by atoms with Crippen molar-refractivity contribution in [3.8, 4) is 0 Å². The Morgan fingerprint density at radius 1 is 1.26 bits per heavy atom. The third-order valence-electron chi connectivity index (χ3n) is 2.68. The molecule has 0 aliphatic carbocycles. The number of nitro groups is 1. The Balaban J connectivity index is 2.28.